The van der Waals surface area contributed by atoms with Crippen molar-refractivity contribution >= 4 is 28.2 Å². The number of H-pyrrole nitrogens is 1. The molecule has 0 saturated heterocycles. The van der Waals surface area contributed by atoms with Crippen LogP contribution < -0.4 is 0 Å². The summed E-state index contributed by atoms with van der Waals surface area (Å²) in [6, 6.07) is 16.5. The fraction of sp³-hybridized carbons (Fsp3) is 0. The maximum Gasteiger partial charge on any atom is 0.204 e. The molecule has 0 radical (unpaired) electrons. The third-order valence-electron chi connectivity index (χ3n) is 3.91. The third kappa shape index (κ3) is 2.37. The second kappa shape index (κ2) is 5.43. The maximum atomic E-state index is 7.17. The molecule has 1 aliphatic rings. The van der Waals surface area contributed by atoms with E-state index in [1.165, 1.54) is 10.8 Å². The Morgan fingerprint density at radius 2 is 1.91 bits per heavy atom. The number of nitrogens with zero attached hydrogens (tertiary/aromatic N) is 2. The zero-order valence-corrected chi connectivity index (χ0v) is 12.3. The summed E-state index contributed by atoms with van der Waals surface area (Å²) < 4.78 is 0. The number of benzene rings is 2. The lowest BCUT2D eigenvalue weighted by molar-refractivity contribution is 1.32. The number of fused-ring (bicyclic) bond motifs is 1. The van der Waals surface area contributed by atoms with Gasteiger partial charge in [-0.1, -0.05) is 36.4 Å². The standard InChI is InChI=1S/C20H13N3/c1-21-17-12-19(23-13-17)20(18-7-4-10-22-18)16-9-8-14-5-2-3-6-15(14)11-16/h2-13,23H/b20-18-. The van der Waals surface area contributed by atoms with Gasteiger partial charge in [0, 0.05) is 23.7 Å². The minimum absolute atomic E-state index is 0.602. The Labute approximate surface area is 134 Å². The fourth-order valence-corrected chi connectivity index (χ4v) is 2.83. The van der Waals surface area contributed by atoms with Crippen molar-refractivity contribution in [3.63, 3.8) is 0 Å². The number of hydrogen-bond acceptors (Lipinski definition) is 1. The molecule has 0 saturated carbocycles. The van der Waals surface area contributed by atoms with Gasteiger partial charge in [-0.3, -0.25) is 4.99 Å². The highest BCUT2D eigenvalue weighted by Crippen LogP contribution is 2.32. The second-order valence-corrected chi connectivity index (χ2v) is 5.34. The van der Waals surface area contributed by atoms with Crippen LogP contribution >= 0.6 is 0 Å². The number of aliphatic imine (C=N–C) groups is 1. The van der Waals surface area contributed by atoms with E-state index in [-0.39, 0.29) is 0 Å². The third-order valence-corrected chi connectivity index (χ3v) is 3.91. The number of rotatable bonds is 2. The molecule has 3 aromatic rings. The molecule has 0 bridgehead atoms. The minimum Gasteiger partial charge on any atom is -0.372 e. The first kappa shape index (κ1) is 13.3. The van der Waals surface area contributed by atoms with Crippen molar-refractivity contribution in [1.82, 2.24) is 4.98 Å². The first-order valence-corrected chi connectivity index (χ1v) is 7.35. The lowest BCUT2D eigenvalue weighted by Crippen LogP contribution is -1.92. The van der Waals surface area contributed by atoms with Crippen molar-refractivity contribution in [3.8, 4) is 0 Å². The molecule has 0 spiro atoms. The van der Waals surface area contributed by atoms with Crippen LogP contribution in [0.15, 0.2) is 77.6 Å². The van der Waals surface area contributed by atoms with E-state index in [2.05, 4.69) is 45.2 Å². The molecular weight excluding hydrogens is 282 g/mol. The van der Waals surface area contributed by atoms with Crippen molar-refractivity contribution in [2.45, 2.75) is 0 Å². The van der Waals surface area contributed by atoms with Crippen molar-refractivity contribution in [2.75, 3.05) is 0 Å². The first-order valence-electron chi connectivity index (χ1n) is 7.35. The Balaban J connectivity index is 1.94. The summed E-state index contributed by atoms with van der Waals surface area (Å²) in [5.74, 6) is 0. The summed E-state index contributed by atoms with van der Waals surface area (Å²) in [4.78, 5) is 11.1. The van der Waals surface area contributed by atoms with E-state index in [9.17, 15) is 0 Å². The number of nitrogens with one attached hydrogen (secondary N) is 1. The van der Waals surface area contributed by atoms with Crippen LogP contribution in [-0.4, -0.2) is 11.2 Å². The van der Waals surface area contributed by atoms with Gasteiger partial charge in [-0.25, -0.2) is 4.85 Å². The molecule has 2 aromatic carbocycles. The van der Waals surface area contributed by atoms with E-state index >= 15 is 0 Å². The van der Waals surface area contributed by atoms with Gasteiger partial charge >= 0.3 is 0 Å². The highest BCUT2D eigenvalue weighted by Gasteiger charge is 2.14. The van der Waals surface area contributed by atoms with Crippen molar-refractivity contribution in [3.05, 3.63) is 95.3 Å². The Bertz CT molecular complexity index is 1010. The number of hydrogen-bond donors (Lipinski definition) is 1. The van der Waals surface area contributed by atoms with Crippen LogP contribution in [0.4, 0.5) is 5.69 Å². The summed E-state index contributed by atoms with van der Waals surface area (Å²) in [6.45, 7) is 7.17. The summed E-state index contributed by atoms with van der Waals surface area (Å²) in [5.41, 5.74) is 4.50. The molecule has 1 aliphatic heterocycles. The topological polar surface area (TPSA) is 32.5 Å². The van der Waals surface area contributed by atoms with Crippen LogP contribution in [0.1, 0.15) is 11.3 Å². The SMILES string of the molecule is [C-]#[N+]c1c[nH]c(/C(=C2/C=CC=N2)c2ccc3ccccc3c2)c1. The summed E-state index contributed by atoms with van der Waals surface area (Å²) in [5, 5.41) is 2.39. The molecule has 0 amide bonds. The molecule has 4 rings (SSSR count). The Morgan fingerprint density at radius 1 is 1.04 bits per heavy atom. The van der Waals surface area contributed by atoms with Crippen LogP contribution in [-0.2, 0) is 0 Å². The molecule has 1 N–H and O–H groups in total. The molecule has 3 nitrogen and oxygen atoms in total. The van der Waals surface area contributed by atoms with Gasteiger partial charge in [0.05, 0.1) is 12.3 Å². The normalized spacial score (nSPS) is 15.1. The van der Waals surface area contributed by atoms with Gasteiger partial charge in [0.2, 0.25) is 5.69 Å². The average Bonchev–Trinajstić information content (AvgIpc) is 3.27. The van der Waals surface area contributed by atoms with Crippen molar-refractivity contribution in [2.24, 2.45) is 4.99 Å². The van der Waals surface area contributed by atoms with Crippen LogP contribution in [0.25, 0.3) is 21.2 Å². The molecule has 0 fully saturated rings. The number of aromatic nitrogens is 1. The fourth-order valence-electron chi connectivity index (χ4n) is 2.83. The van der Waals surface area contributed by atoms with Gasteiger partial charge in [-0.2, -0.15) is 0 Å². The van der Waals surface area contributed by atoms with Crippen LogP contribution in [0.3, 0.4) is 0 Å². The predicted molar refractivity (Wildman–Crippen MR) is 94.7 cm³/mol. The van der Waals surface area contributed by atoms with Crippen LogP contribution in [0, 0.1) is 6.57 Å². The van der Waals surface area contributed by atoms with Gasteiger partial charge < -0.3 is 4.98 Å². The van der Waals surface area contributed by atoms with Gasteiger partial charge in [0.15, 0.2) is 0 Å². The molecule has 0 aliphatic carbocycles. The Morgan fingerprint density at radius 3 is 2.65 bits per heavy atom. The van der Waals surface area contributed by atoms with E-state index in [1.807, 2.05) is 30.4 Å². The Hall–Kier alpha value is -3.38. The van der Waals surface area contributed by atoms with Crippen molar-refractivity contribution < 1.29 is 0 Å². The molecule has 108 valence electrons. The highest BCUT2D eigenvalue weighted by molar-refractivity contribution is 5.93. The van der Waals surface area contributed by atoms with E-state index in [4.69, 9.17) is 6.57 Å². The summed E-state index contributed by atoms with van der Waals surface area (Å²) in [6.07, 6.45) is 7.43. The van der Waals surface area contributed by atoms with Gasteiger partial charge in [0.25, 0.3) is 0 Å². The predicted octanol–water partition coefficient (Wildman–Crippen LogP) is 5.12. The van der Waals surface area contributed by atoms with E-state index in [0.717, 1.165) is 22.5 Å². The van der Waals surface area contributed by atoms with E-state index in [1.54, 1.807) is 12.4 Å². The van der Waals surface area contributed by atoms with Crippen molar-refractivity contribution in [1.29, 1.82) is 0 Å². The monoisotopic (exact) mass is 295 g/mol. The highest BCUT2D eigenvalue weighted by atomic mass is 14.8. The zero-order chi connectivity index (χ0) is 15.6. The second-order valence-electron chi connectivity index (χ2n) is 5.34. The summed E-state index contributed by atoms with van der Waals surface area (Å²) in [7, 11) is 0. The first-order chi connectivity index (χ1) is 11.3. The molecule has 2 heterocycles. The lowest BCUT2D eigenvalue weighted by Gasteiger charge is -2.10. The molecular formula is C20H13N3. The largest absolute Gasteiger partial charge is 0.372 e. The quantitative estimate of drug-likeness (QED) is 0.637. The lowest BCUT2D eigenvalue weighted by atomic mass is 9.97. The van der Waals surface area contributed by atoms with Crippen LogP contribution in [0.2, 0.25) is 0 Å². The molecule has 23 heavy (non-hydrogen) atoms. The zero-order valence-electron chi connectivity index (χ0n) is 12.3. The van der Waals surface area contributed by atoms with E-state index < -0.39 is 0 Å². The smallest absolute Gasteiger partial charge is 0.204 e. The van der Waals surface area contributed by atoms with Crippen LogP contribution in [0.5, 0.6) is 0 Å². The van der Waals surface area contributed by atoms with E-state index in [0.29, 0.717) is 5.69 Å². The number of aromatic amines is 1. The molecule has 0 atom stereocenters. The van der Waals surface area contributed by atoms with Gasteiger partial charge in [-0.05, 0) is 40.6 Å². The minimum atomic E-state index is 0.602. The Kier molecular flexibility index (Phi) is 3.14. The van der Waals surface area contributed by atoms with Gasteiger partial charge in [0.1, 0.15) is 0 Å². The average molecular weight is 295 g/mol. The summed E-state index contributed by atoms with van der Waals surface area (Å²) >= 11 is 0. The number of allylic oxidation sites excluding steroid dienone is 2. The van der Waals surface area contributed by atoms with Gasteiger partial charge in [-0.15, -0.1) is 0 Å². The molecule has 3 heteroatoms. The molecule has 1 aromatic heterocycles. The maximum absolute atomic E-state index is 7.17. The molecule has 0 unspecified atom stereocenters.